The number of piperidine rings is 1. The molecule has 1 saturated heterocycles. The third kappa shape index (κ3) is 3.03. The van der Waals surface area contributed by atoms with Crippen LogP contribution in [0.4, 0.5) is 0 Å². The zero-order valence-electron chi connectivity index (χ0n) is 8.73. The molecule has 0 amide bonds. The Hall–Kier alpha value is -0.380. The van der Waals surface area contributed by atoms with E-state index in [0.717, 1.165) is 25.7 Å². The second kappa shape index (κ2) is 5.64. The summed E-state index contributed by atoms with van der Waals surface area (Å²) in [5.74, 6) is 0.253. The van der Waals surface area contributed by atoms with Crippen molar-refractivity contribution in [3.63, 3.8) is 0 Å². The molecule has 2 atom stereocenters. The minimum atomic E-state index is 0. The molecule has 2 unspecified atom stereocenters. The molecule has 4 heteroatoms. The summed E-state index contributed by atoms with van der Waals surface area (Å²) in [5.41, 5.74) is 1.32. The van der Waals surface area contributed by atoms with Crippen LogP contribution in [-0.4, -0.2) is 12.8 Å². The minimum Gasteiger partial charge on any atom is -0.309 e. The van der Waals surface area contributed by atoms with E-state index in [2.05, 4.69) is 23.7 Å². The highest BCUT2D eigenvalue weighted by Crippen LogP contribution is 2.30. The highest BCUT2D eigenvalue weighted by atomic mass is 35.5. The van der Waals surface area contributed by atoms with Crippen molar-refractivity contribution in [3.8, 4) is 0 Å². The third-order valence-corrected chi connectivity index (χ3v) is 3.90. The lowest BCUT2D eigenvalue weighted by Crippen LogP contribution is -2.31. The number of carbonyl (C=O) groups is 1. The van der Waals surface area contributed by atoms with Gasteiger partial charge in [0.05, 0.1) is 0 Å². The third-order valence-electron chi connectivity index (χ3n) is 2.73. The number of hydrogen-bond donors (Lipinski definition) is 1. The predicted octanol–water partition coefficient (Wildman–Crippen LogP) is 2.72. The van der Waals surface area contributed by atoms with Crippen LogP contribution in [0, 0.1) is 12.8 Å². The average Bonchev–Trinajstić information content (AvgIpc) is 2.65. The Morgan fingerprint density at radius 2 is 2.40 bits per heavy atom. The maximum Gasteiger partial charge on any atom is 0.123 e. The molecule has 0 aliphatic carbocycles. The van der Waals surface area contributed by atoms with Gasteiger partial charge in [-0.25, -0.2) is 0 Å². The number of aryl methyl sites for hydroxylation is 1. The maximum atomic E-state index is 10.7. The number of nitrogens with one attached hydrogen (secondary N) is 1. The van der Waals surface area contributed by atoms with E-state index in [-0.39, 0.29) is 18.3 Å². The molecule has 2 nitrogen and oxygen atoms in total. The molecule has 1 aromatic heterocycles. The van der Waals surface area contributed by atoms with Crippen LogP contribution in [0.3, 0.4) is 0 Å². The molecule has 0 bridgehead atoms. The number of rotatable bonds is 2. The fourth-order valence-corrected chi connectivity index (χ4v) is 2.91. The van der Waals surface area contributed by atoms with Gasteiger partial charge in [-0.2, -0.15) is 0 Å². The van der Waals surface area contributed by atoms with Crippen molar-refractivity contribution < 1.29 is 4.79 Å². The SMILES string of the molecule is Cc1csc(C2CC(C=O)CCN2)c1.Cl. The van der Waals surface area contributed by atoms with E-state index in [0.29, 0.717) is 6.04 Å². The first kappa shape index (κ1) is 12.7. The highest BCUT2D eigenvalue weighted by molar-refractivity contribution is 7.10. The molecule has 1 fully saturated rings. The van der Waals surface area contributed by atoms with E-state index in [9.17, 15) is 4.79 Å². The van der Waals surface area contributed by atoms with Crippen LogP contribution in [-0.2, 0) is 4.79 Å². The van der Waals surface area contributed by atoms with E-state index in [1.807, 2.05) is 0 Å². The van der Waals surface area contributed by atoms with Gasteiger partial charge in [0.1, 0.15) is 6.29 Å². The molecular formula is C11H16ClNOS. The summed E-state index contributed by atoms with van der Waals surface area (Å²) in [6.07, 6.45) is 3.06. The smallest absolute Gasteiger partial charge is 0.123 e. The number of hydrogen-bond acceptors (Lipinski definition) is 3. The molecule has 1 N–H and O–H groups in total. The standard InChI is InChI=1S/C11H15NOS.ClH/c1-8-4-11(14-7-8)10-5-9(6-13)2-3-12-10;/h4,6-7,9-10,12H,2-3,5H2,1H3;1H. The molecule has 2 heterocycles. The summed E-state index contributed by atoms with van der Waals surface area (Å²) in [6.45, 7) is 3.07. The summed E-state index contributed by atoms with van der Waals surface area (Å²) >= 11 is 1.79. The number of aldehydes is 1. The van der Waals surface area contributed by atoms with Gasteiger partial charge in [0.25, 0.3) is 0 Å². The second-order valence-electron chi connectivity index (χ2n) is 3.95. The summed E-state index contributed by atoms with van der Waals surface area (Å²) in [4.78, 5) is 12.1. The van der Waals surface area contributed by atoms with Crippen LogP contribution in [0.2, 0.25) is 0 Å². The zero-order chi connectivity index (χ0) is 9.97. The topological polar surface area (TPSA) is 29.1 Å². The van der Waals surface area contributed by atoms with Gasteiger partial charge in [-0.15, -0.1) is 23.7 Å². The van der Waals surface area contributed by atoms with Gasteiger partial charge in [-0.1, -0.05) is 0 Å². The van der Waals surface area contributed by atoms with Crippen LogP contribution >= 0.6 is 23.7 Å². The Labute approximate surface area is 100 Å². The summed E-state index contributed by atoms with van der Waals surface area (Å²) < 4.78 is 0. The zero-order valence-corrected chi connectivity index (χ0v) is 10.4. The molecular weight excluding hydrogens is 230 g/mol. The molecule has 1 aromatic rings. The lowest BCUT2D eigenvalue weighted by Gasteiger charge is -2.26. The highest BCUT2D eigenvalue weighted by Gasteiger charge is 2.22. The summed E-state index contributed by atoms with van der Waals surface area (Å²) in [7, 11) is 0. The van der Waals surface area contributed by atoms with Crippen LogP contribution in [0.25, 0.3) is 0 Å². The summed E-state index contributed by atoms with van der Waals surface area (Å²) in [6, 6.07) is 2.62. The van der Waals surface area contributed by atoms with E-state index in [1.54, 1.807) is 11.3 Å². The number of halogens is 1. The van der Waals surface area contributed by atoms with E-state index >= 15 is 0 Å². The molecule has 2 rings (SSSR count). The van der Waals surface area contributed by atoms with Crippen molar-refractivity contribution in [1.82, 2.24) is 5.32 Å². The lowest BCUT2D eigenvalue weighted by atomic mass is 9.93. The Balaban J connectivity index is 0.00000112. The van der Waals surface area contributed by atoms with Gasteiger partial charge >= 0.3 is 0 Å². The van der Waals surface area contributed by atoms with Crippen molar-refractivity contribution in [3.05, 3.63) is 21.9 Å². The molecule has 84 valence electrons. The largest absolute Gasteiger partial charge is 0.309 e. The van der Waals surface area contributed by atoms with Gasteiger partial charge in [-0.05, 0) is 43.3 Å². The van der Waals surface area contributed by atoms with Crippen LogP contribution in [0.15, 0.2) is 11.4 Å². The predicted molar refractivity (Wildman–Crippen MR) is 65.8 cm³/mol. The molecule has 1 aliphatic heterocycles. The fraction of sp³-hybridized carbons (Fsp3) is 0.545. The second-order valence-corrected chi connectivity index (χ2v) is 4.90. The van der Waals surface area contributed by atoms with Crippen LogP contribution < -0.4 is 5.32 Å². The normalized spacial score (nSPS) is 25.7. The summed E-state index contributed by atoms with van der Waals surface area (Å²) in [5, 5.41) is 5.63. The van der Waals surface area contributed by atoms with Crippen molar-refractivity contribution >= 4 is 30.0 Å². The Kier molecular flexibility index (Phi) is 4.77. The molecule has 0 spiro atoms. The number of thiophene rings is 1. The lowest BCUT2D eigenvalue weighted by molar-refractivity contribution is -0.112. The van der Waals surface area contributed by atoms with Crippen LogP contribution in [0.5, 0.6) is 0 Å². The molecule has 0 saturated carbocycles. The Morgan fingerprint density at radius 1 is 1.60 bits per heavy atom. The molecule has 15 heavy (non-hydrogen) atoms. The molecule has 0 aromatic carbocycles. The quantitative estimate of drug-likeness (QED) is 0.812. The van der Waals surface area contributed by atoms with Crippen molar-refractivity contribution in [2.45, 2.75) is 25.8 Å². The van der Waals surface area contributed by atoms with Crippen molar-refractivity contribution in [2.24, 2.45) is 5.92 Å². The Morgan fingerprint density at radius 3 is 3.00 bits per heavy atom. The van der Waals surface area contributed by atoms with Gasteiger partial charge in [0, 0.05) is 16.8 Å². The minimum absolute atomic E-state index is 0. The molecule has 0 radical (unpaired) electrons. The van der Waals surface area contributed by atoms with E-state index < -0.39 is 0 Å². The molecule has 1 aliphatic rings. The first-order chi connectivity index (χ1) is 6.79. The number of carbonyl (C=O) groups excluding carboxylic acids is 1. The van der Waals surface area contributed by atoms with Crippen molar-refractivity contribution in [2.75, 3.05) is 6.54 Å². The monoisotopic (exact) mass is 245 g/mol. The van der Waals surface area contributed by atoms with Crippen LogP contribution in [0.1, 0.15) is 29.3 Å². The van der Waals surface area contributed by atoms with Gasteiger partial charge in [0.15, 0.2) is 0 Å². The van der Waals surface area contributed by atoms with Gasteiger partial charge in [-0.3, -0.25) is 0 Å². The fourth-order valence-electron chi connectivity index (χ4n) is 1.92. The van der Waals surface area contributed by atoms with E-state index in [1.165, 1.54) is 10.4 Å². The van der Waals surface area contributed by atoms with Gasteiger partial charge < -0.3 is 10.1 Å². The first-order valence-corrected chi connectivity index (χ1v) is 5.91. The van der Waals surface area contributed by atoms with Crippen molar-refractivity contribution in [1.29, 1.82) is 0 Å². The maximum absolute atomic E-state index is 10.7. The first-order valence-electron chi connectivity index (χ1n) is 5.03. The Bertz CT molecular complexity index is 326. The van der Waals surface area contributed by atoms with E-state index in [4.69, 9.17) is 0 Å². The average molecular weight is 246 g/mol. The van der Waals surface area contributed by atoms with Gasteiger partial charge in [0.2, 0.25) is 0 Å².